The van der Waals surface area contributed by atoms with Crippen LogP contribution in [0, 0.1) is 11.3 Å². The highest BCUT2D eigenvalue weighted by atomic mass is 16.6. The molecular formula is C28H41NO5. The number of ether oxygens (including phenoxy) is 3. The van der Waals surface area contributed by atoms with Gasteiger partial charge in [0.2, 0.25) is 0 Å². The molecule has 6 heteroatoms. The van der Waals surface area contributed by atoms with Gasteiger partial charge in [-0.25, -0.2) is 4.79 Å². The molecular weight excluding hydrogens is 430 g/mol. The van der Waals surface area contributed by atoms with Crippen LogP contribution in [0.4, 0.5) is 4.79 Å². The SMILES string of the molecule is CC(C)=CCC[C@]1(C)Oc2c(O)cccc2[C@H]2OC[C@@]3(CCCN(C(=O)OC(C)(C)C)C3)C[C@@H]21. The summed E-state index contributed by atoms with van der Waals surface area (Å²) in [5.74, 6) is 0.847. The highest BCUT2D eigenvalue weighted by molar-refractivity contribution is 5.68. The van der Waals surface area contributed by atoms with Gasteiger partial charge in [-0.1, -0.05) is 23.8 Å². The summed E-state index contributed by atoms with van der Waals surface area (Å²) in [7, 11) is 0. The van der Waals surface area contributed by atoms with Crippen molar-refractivity contribution >= 4 is 6.09 Å². The number of aromatic hydroxyl groups is 1. The van der Waals surface area contributed by atoms with E-state index in [0.717, 1.165) is 44.2 Å². The van der Waals surface area contributed by atoms with E-state index >= 15 is 0 Å². The zero-order valence-corrected chi connectivity index (χ0v) is 21.6. The summed E-state index contributed by atoms with van der Waals surface area (Å²) < 4.78 is 18.9. The second-order valence-corrected chi connectivity index (χ2v) is 12.0. The third-order valence-corrected chi connectivity index (χ3v) is 7.54. The van der Waals surface area contributed by atoms with Crippen molar-refractivity contribution in [3.63, 3.8) is 0 Å². The van der Waals surface area contributed by atoms with Crippen LogP contribution in [0.25, 0.3) is 0 Å². The van der Waals surface area contributed by atoms with Crippen molar-refractivity contribution in [3.8, 4) is 11.5 Å². The highest BCUT2D eigenvalue weighted by Crippen LogP contribution is 2.57. The fourth-order valence-corrected chi connectivity index (χ4v) is 5.90. The molecule has 0 bridgehead atoms. The first-order valence-corrected chi connectivity index (χ1v) is 12.7. The van der Waals surface area contributed by atoms with Crippen molar-refractivity contribution < 1.29 is 24.1 Å². The van der Waals surface area contributed by atoms with Gasteiger partial charge in [0, 0.05) is 30.0 Å². The monoisotopic (exact) mass is 471 g/mol. The number of benzene rings is 1. The number of phenolic OH excluding ortho intramolecular Hbond substituents is 1. The van der Waals surface area contributed by atoms with Gasteiger partial charge in [-0.2, -0.15) is 0 Å². The van der Waals surface area contributed by atoms with Crippen LogP contribution in [0.15, 0.2) is 29.8 Å². The predicted molar refractivity (Wildman–Crippen MR) is 132 cm³/mol. The fraction of sp³-hybridized carbons (Fsp3) is 0.679. The van der Waals surface area contributed by atoms with Crippen LogP contribution < -0.4 is 4.74 Å². The maximum atomic E-state index is 12.9. The van der Waals surface area contributed by atoms with Crippen molar-refractivity contribution in [3.05, 3.63) is 35.4 Å². The van der Waals surface area contributed by atoms with E-state index in [1.54, 1.807) is 6.07 Å². The molecule has 3 aliphatic rings. The number of likely N-dealkylation sites (tertiary alicyclic amines) is 1. The van der Waals surface area contributed by atoms with E-state index in [-0.39, 0.29) is 29.3 Å². The normalized spacial score (nSPS) is 30.7. The van der Waals surface area contributed by atoms with Gasteiger partial charge in [0.1, 0.15) is 11.2 Å². The summed E-state index contributed by atoms with van der Waals surface area (Å²) in [6.45, 7) is 14.1. The number of amides is 1. The van der Waals surface area contributed by atoms with Gasteiger partial charge < -0.3 is 24.2 Å². The Morgan fingerprint density at radius 1 is 1.32 bits per heavy atom. The Balaban J connectivity index is 1.61. The lowest BCUT2D eigenvalue weighted by atomic mass is 9.64. The van der Waals surface area contributed by atoms with Crippen LogP contribution in [0.1, 0.15) is 85.3 Å². The number of hydrogen-bond acceptors (Lipinski definition) is 5. The Hall–Kier alpha value is -2.21. The first-order chi connectivity index (χ1) is 15.9. The largest absolute Gasteiger partial charge is 0.504 e. The molecule has 0 radical (unpaired) electrons. The van der Waals surface area contributed by atoms with Crippen LogP contribution in [-0.4, -0.2) is 47.0 Å². The lowest BCUT2D eigenvalue weighted by Crippen LogP contribution is -2.57. The molecule has 0 unspecified atom stereocenters. The van der Waals surface area contributed by atoms with E-state index in [2.05, 4.69) is 26.8 Å². The van der Waals surface area contributed by atoms with E-state index in [0.29, 0.717) is 18.9 Å². The number of para-hydroxylation sites is 1. The first kappa shape index (κ1) is 24.9. The zero-order valence-electron chi connectivity index (χ0n) is 21.6. The Kier molecular flexibility index (Phi) is 6.67. The topological polar surface area (TPSA) is 68.2 Å². The van der Waals surface area contributed by atoms with Gasteiger partial charge in [0.15, 0.2) is 11.5 Å². The number of piperidine rings is 1. The average Bonchev–Trinajstić information content (AvgIpc) is 2.74. The van der Waals surface area contributed by atoms with Gasteiger partial charge in [0.25, 0.3) is 0 Å². The number of carbonyl (C=O) groups excluding carboxylic acids is 1. The standard InChI is InChI=1S/C28H41NO5/c1-19(2)10-8-13-27(6)21-16-28(14-9-15-29(17-28)25(31)34-26(3,4)5)18-32-23(21)20-11-7-12-22(30)24(20)33-27/h7,10-12,21,23,30H,8-9,13-18H2,1-6H3/t21-,23+,27-,28-/m0/s1. The number of phenols is 1. The van der Waals surface area contributed by atoms with Crippen LogP contribution in [0.5, 0.6) is 11.5 Å². The smallest absolute Gasteiger partial charge is 0.410 e. The van der Waals surface area contributed by atoms with Gasteiger partial charge >= 0.3 is 6.09 Å². The third-order valence-electron chi connectivity index (χ3n) is 7.54. The van der Waals surface area contributed by atoms with Crippen molar-refractivity contribution in [2.45, 2.75) is 91.0 Å². The second kappa shape index (κ2) is 9.10. The number of hydrogen-bond donors (Lipinski definition) is 1. The minimum Gasteiger partial charge on any atom is -0.504 e. The molecule has 34 heavy (non-hydrogen) atoms. The summed E-state index contributed by atoms with van der Waals surface area (Å²) in [5.41, 5.74) is 1.10. The summed E-state index contributed by atoms with van der Waals surface area (Å²) in [6, 6.07) is 5.55. The number of nitrogens with zero attached hydrogens (tertiary/aromatic N) is 1. The Morgan fingerprint density at radius 2 is 2.09 bits per heavy atom. The molecule has 0 aromatic heterocycles. The maximum absolute atomic E-state index is 12.9. The summed E-state index contributed by atoms with van der Waals surface area (Å²) in [4.78, 5) is 14.7. The molecule has 188 valence electrons. The molecule has 3 heterocycles. The molecule has 0 aliphatic carbocycles. The molecule has 1 N–H and O–H groups in total. The minimum absolute atomic E-state index is 0.119. The Morgan fingerprint density at radius 3 is 2.79 bits per heavy atom. The van der Waals surface area contributed by atoms with Gasteiger partial charge in [-0.05, 0) is 79.7 Å². The van der Waals surface area contributed by atoms with Crippen molar-refractivity contribution in [1.82, 2.24) is 4.90 Å². The molecule has 3 aliphatic heterocycles. The minimum atomic E-state index is -0.512. The van der Waals surface area contributed by atoms with Crippen molar-refractivity contribution in [1.29, 1.82) is 0 Å². The molecule has 4 rings (SSSR count). The molecule has 2 saturated heterocycles. The predicted octanol–water partition coefficient (Wildman–Crippen LogP) is 6.38. The molecule has 1 aromatic rings. The van der Waals surface area contributed by atoms with E-state index in [9.17, 15) is 9.90 Å². The molecule has 2 fully saturated rings. The van der Waals surface area contributed by atoms with Crippen LogP contribution in [0.2, 0.25) is 0 Å². The second-order valence-electron chi connectivity index (χ2n) is 12.0. The summed E-state index contributed by atoms with van der Waals surface area (Å²) >= 11 is 0. The lowest BCUT2D eigenvalue weighted by Gasteiger charge is -2.55. The number of rotatable bonds is 3. The third kappa shape index (κ3) is 5.07. The first-order valence-electron chi connectivity index (χ1n) is 12.7. The zero-order chi connectivity index (χ0) is 24.7. The van der Waals surface area contributed by atoms with Crippen LogP contribution in [-0.2, 0) is 9.47 Å². The molecule has 4 atom stereocenters. The van der Waals surface area contributed by atoms with E-state index in [1.807, 2.05) is 37.8 Å². The Bertz CT molecular complexity index is 947. The van der Waals surface area contributed by atoms with Gasteiger partial charge in [-0.3, -0.25) is 0 Å². The van der Waals surface area contributed by atoms with E-state index in [1.165, 1.54) is 5.57 Å². The lowest BCUT2D eigenvalue weighted by molar-refractivity contribution is -0.181. The summed E-state index contributed by atoms with van der Waals surface area (Å²) in [6.07, 6.45) is 6.49. The molecule has 0 saturated carbocycles. The fourth-order valence-electron chi connectivity index (χ4n) is 5.90. The Labute approximate surface area is 204 Å². The maximum Gasteiger partial charge on any atom is 0.410 e. The van der Waals surface area contributed by atoms with Gasteiger partial charge in [-0.15, -0.1) is 0 Å². The van der Waals surface area contributed by atoms with Gasteiger partial charge in [0.05, 0.1) is 12.7 Å². The highest BCUT2D eigenvalue weighted by Gasteiger charge is 2.55. The van der Waals surface area contributed by atoms with Crippen molar-refractivity contribution in [2.24, 2.45) is 11.3 Å². The number of fused-ring (bicyclic) bond motifs is 3. The van der Waals surface area contributed by atoms with Crippen molar-refractivity contribution in [2.75, 3.05) is 19.7 Å². The molecule has 6 nitrogen and oxygen atoms in total. The molecule has 1 spiro atoms. The molecule has 1 aromatic carbocycles. The number of carbonyl (C=O) groups is 1. The molecule has 1 amide bonds. The van der Waals surface area contributed by atoms with Crippen LogP contribution in [0.3, 0.4) is 0 Å². The quantitative estimate of drug-likeness (QED) is 0.518. The average molecular weight is 472 g/mol. The van der Waals surface area contributed by atoms with E-state index in [4.69, 9.17) is 14.2 Å². The summed E-state index contributed by atoms with van der Waals surface area (Å²) in [5, 5.41) is 10.6. The van der Waals surface area contributed by atoms with Crippen LogP contribution >= 0.6 is 0 Å². The number of allylic oxidation sites excluding steroid dienone is 2. The van der Waals surface area contributed by atoms with E-state index < -0.39 is 11.2 Å².